The molecule has 2 aromatic rings. The second kappa shape index (κ2) is 8.51. The third kappa shape index (κ3) is 4.69. The lowest BCUT2D eigenvalue weighted by Gasteiger charge is -2.34. The van der Waals surface area contributed by atoms with E-state index in [0.29, 0.717) is 34.4 Å². The Labute approximate surface area is 178 Å². The number of thiol groups is 1. The van der Waals surface area contributed by atoms with Crippen molar-refractivity contribution in [1.29, 1.82) is 0 Å². The summed E-state index contributed by atoms with van der Waals surface area (Å²) in [7, 11) is -3.72. The molecule has 4 nitrogen and oxygen atoms in total. The summed E-state index contributed by atoms with van der Waals surface area (Å²) in [5, 5.41) is 0.401. The van der Waals surface area contributed by atoms with Crippen molar-refractivity contribution in [1.82, 2.24) is 0 Å². The van der Waals surface area contributed by atoms with Crippen molar-refractivity contribution in [2.75, 3.05) is 6.61 Å². The van der Waals surface area contributed by atoms with E-state index in [1.54, 1.807) is 25.1 Å². The summed E-state index contributed by atoms with van der Waals surface area (Å²) in [5.41, 5.74) is 1.98. The lowest BCUT2D eigenvalue weighted by molar-refractivity contribution is -0.116. The maximum Gasteiger partial charge on any atom is 0.411 e. The van der Waals surface area contributed by atoms with E-state index in [2.05, 4.69) is 12.6 Å². The molecule has 0 aliphatic heterocycles. The minimum absolute atomic E-state index is 0.00671. The molecule has 0 N–H and O–H groups in total. The molecule has 1 atom stereocenters. The summed E-state index contributed by atoms with van der Waals surface area (Å²) in [5.74, 6) is 0.418. The van der Waals surface area contributed by atoms with Gasteiger partial charge >= 0.3 is 7.60 Å². The second-order valence-electron chi connectivity index (χ2n) is 8.05. The highest BCUT2D eigenvalue weighted by Gasteiger charge is 2.40. The third-order valence-electron chi connectivity index (χ3n) is 4.96. The number of aryl methyl sites for hydroxylation is 1. The Kier molecular flexibility index (Phi) is 6.42. The Morgan fingerprint density at radius 1 is 1.07 bits per heavy atom. The fourth-order valence-electron chi connectivity index (χ4n) is 3.65. The van der Waals surface area contributed by atoms with Crippen LogP contribution in [0.2, 0.25) is 0 Å². The van der Waals surface area contributed by atoms with Gasteiger partial charge in [-0.2, -0.15) is 0 Å². The van der Waals surface area contributed by atoms with E-state index in [4.69, 9.17) is 9.05 Å². The number of rotatable bonds is 6. The van der Waals surface area contributed by atoms with Gasteiger partial charge in [0.1, 0.15) is 5.76 Å². The van der Waals surface area contributed by atoms with Gasteiger partial charge in [-0.3, -0.25) is 9.32 Å². The van der Waals surface area contributed by atoms with Crippen LogP contribution in [0.5, 0.6) is 0 Å². The van der Waals surface area contributed by atoms with Crippen molar-refractivity contribution in [3.8, 4) is 0 Å². The molecule has 0 heterocycles. The monoisotopic (exact) mass is 430 g/mol. The largest absolute Gasteiger partial charge is 0.425 e. The number of carbonyl (C=O) groups is 1. The first-order valence-corrected chi connectivity index (χ1v) is 11.7. The smallest absolute Gasteiger partial charge is 0.411 e. The van der Waals surface area contributed by atoms with Gasteiger partial charge in [-0.1, -0.05) is 50.2 Å². The molecule has 0 saturated carbocycles. The van der Waals surface area contributed by atoms with Crippen molar-refractivity contribution >= 4 is 36.9 Å². The molecule has 0 radical (unpaired) electrons. The Hall–Kier alpha value is -1.81. The first-order valence-electron chi connectivity index (χ1n) is 9.72. The van der Waals surface area contributed by atoms with Crippen molar-refractivity contribution in [3.63, 3.8) is 0 Å². The first kappa shape index (κ1) is 21.9. The highest BCUT2D eigenvalue weighted by molar-refractivity contribution is 7.81. The number of allylic oxidation sites excluding steroid dienone is 2. The molecular weight excluding hydrogens is 403 g/mol. The highest BCUT2D eigenvalue weighted by atomic mass is 32.1. The van der Waals surface area contributed by atoms with Crippen molar-refractivity contribution < 1.29 is 18.4 Å². The van der Waals surface area contributed by atoms with Crippen molar-refractivity contribution in [2.24, 2.45) is 5.41 Å². The lowest BCUT2D eigenvalue weighted by Crippen LogP contribution is -2.27. The van der Waals surface area contributed by atoms with Gasteiger partial charge in [0.25, 0.3) is 0 Å². The van der Waals surface area contributed by atoms with Gasteiger partial charge in [-0.05, 0) is 42.5 Å². The van der Waals surface area contributed by atoms with Gasteiger partial charge in [0.2, 0.25) is 0 Å². The minimum atomic E-state index is -3.72. The molecule has 6 heteroatoms. The fraction of sp³-hybridized carbons (Fsp3) is 0.348. The van der Waals surface area contributed by atoms with Crippen LogP contribution in [0, 0.1) is 12.3 Å². The maximum absolute atomic E-state index is 13.8. The number of carbonyl (C=O) groups excluding carboxylic acids is 1. The number of hydrogen-bond acceptors (Lipinski definition) is 5. The molecule has 0 fully saturated rings. The SMILES string of the molecule is CCOP(=O)(OC1=C(c2ccccc2C)C(=O)CC(C)(C)C1)c1ccccc1S. The average molecular weight is 431 g/mol. The van der Waals surface area contributed by atoms with Gasteiger partial charge in [0.15, 0.2) is 5.78 Å². The van der Waals surface area contributed by atoms with Gasteiger partial charge in [0, 0.05) is 17.7 Å². The normalized spacial score (nSPS) is 18.4. The predicted octanol–water partition coefficient (Wildman–Crippen LogP) is 5.96. The molecule has 3 rings (SSSR count). The molecule has 0 aromatic heterocycles. The fourth-order valence-corrected chi connectivity index (χ4v) is 5.88. The summed E-state index contributed by atoms with van der Waals surface area (Å²) in [6, 6.07) is 14.7. The van der Waals surface area contributed by atoms with E-state index < -0.39 is 7.60 Å². The number of Topliss-reactive ketones (excluding diaryl/α,β-unsaturated/α-hetero) is 1. The highest BCUT2D eigenvalue weighted by Crippen LogP contribution is 2.54. The Morgan fingerprint density at radius 2 is 1.72 bits per heavy atom. The van der Waals surface area contributed by atoms with Crippen LogP contribution in [-0.2, 0) is 18.4 Å². The van der Waals surface area contributed by atoms with Crippen LogP contribution in [-0.4, -0.2) is 12.4 Å². The van der Waals surface area contributed by atoms with Crippen LogP contribution < -0.4 is 5.30 Å². The van der Waals surface area contributed by atoms with Gasteiger partial charge in [-0.25, -0.2) is 4.57 Å². The number of hydrogen-bond donors (Lipinski definition) is 1. The number of benzene rings is 2. The zero-order valence-corrected chi connectivity index (χ0v) is 19.1. The zero-order chi connectivity index (χ0) is 21.2. The van der Waals surface area contributed by atoms with Gasteiger partial charge < -0.3 is 4.52 Å². The van der Waals surface area contributed by atoms with E-state index in [9.17, 15) is 9.36 Å². The summed E-state index contributed by atoms with van der Waals surface area (Å²) < 4.78 is 25.7. The topological polar surface area (TPSA) is 52.6 Å². The summed E-state index contributed by atoms with van der Waals surface area (Å²) in [6.07, 6.45) is 0.903. The molecule has 0 saturated heterocycles. The van der Waals surface area contributed by atoms with Crippen LogP contribution in [0.4, 0.5) is 0 Å². The standard InChI is InChI=1S/C23H27O4PS/c1-5-26-28(25,20-12-8-9-13-21(20)29)27-19-15-23(3,4)14-18(24)22(19)17-11-7-6-10-16(17)2/h6-13,29H,5,14-15H2,1-4H3. The van der Waals surface area contributed by atoms with E-state index in [0.717, 1.165) is 11.1 Å². The van der Waals surface area contributed by atoms with Crippen LogP contribution >= 0.6 is 20.2 Å². The van der Waals surface area contributed by atoms with Crippen LogP contribution in [0.3, 0.4) is 0 Å². The van der Waals surface area contributed by atoms with Crippen molar-refractivity contribution in [2.45, 2.75) is 45.4 Å². The van der Waals surface area contributed by atoms with E-state index in [1.165, 1.54) is 0 Å². The quantitative estimate of drug-likeness (QED) is 0.454. The summed E-state index contributed by atoms with van der Waals surface area (Å²) in [6.45, 7) is 7.97. The Balaban J connectivity index is 2.18. The zero-order valence-electron chi connectivity index (χ0n) is 17.3. The molecule has 2 aromatic carbocycles. The molecule has 1 aliphatic carbocycles. The third-order valence-corrected chi connectivity index (χ3v) is 7.56. The average Bonchev–Trinajstić information content (AvgIpc) is 2.62. The lowest BCUT2D eigenvalue weighted by atomic mass is 9.75. The van der Waals surface area contributed by atoms with Gasteiger partial charge in [-0.15, -0.1) is 12.6 Å². The van der Waals surface area contributed by atoms with Crippen molar-refractivity contribution in [3.05, 3.63) is 65.4 Å². The Morgan fingerprint density at radius 3 is 2.38 bits per heavy atom. The molecule has 154 valence electrons. The number of ketones is 1. The van der Waals surface area contributed by atoms with Gasteiger partial charge in [0.05, 0.1) is 17.5 Å². The van der Waals surface area contributed by atoms with E-state index in [1.807, 2.05) is 51.1 Å². The van der Waals surface area contributed by atoms with Crippen LogP contribution in [0.15, 0.2) is 59.2 Å². The maximum atomic E-state index is 13.8. The molecule has 1 unspecified atom stereocenters. The Bertz CT molecular complexity index is 1010. The van der Waals surface area contributed by atoms with Crippen LogP contribution in [0.25, 0.3) is 5.57 Å². The van der Waals surface area contributed by atoms with E-state index >= 15 is 0 Å². The first-order chi connectivity index (χ1) is 13.7. The molecule has 0 amide bonds. The summed E-state index contributed by atoms with van der Waals surface area (Å²) >= 11 is 4.45. The minimum Gasteiger partial charge on any atom is -0.425 e. The van der Waals surface area contributed by atoms with E-state index in [-0.39, 0.29) is 17.8 Å². The predicted molar refractivity (Wildman–Crippen MR) is 120 cm³/mol. The summed E-state index contributed by atoms with van der Waals surface area (Å²) in [4.78, 5) is 13.7. The second-order valence-corrected chi connectivity index (χ2v) is 10.4. The molecule has 0 bridgehead atoms. The molecule has 0 spiro atoms. The molecule has 29 heavy (non-hydrogen) atoms. The molecule has 1 aliphatic rings. The van der Waals surface area contributed by atoms with Crippen LogP contribution in [0.1, 0.15) is 44.7 Å². The molecular formula is C23H27O4PS.